The number of nitrogens with one attached hydrogen (secondary N) is 1. The van der Waals surface area contributed by atoms with Gasteiger partial charge in [0.15, 0.2) is 0 Å². The van der Waals surface area contributed by atoms with Crippen LogP contribution in [0.5, 0.6) is 5.75 Å². The van der Waals surface area contributed by atoms with E-state index in [4.69, 9.17) is 0 Å². The Morgan fingerprint density at radius 3 is 2.53 bits per heavy atom. The first-order valence-electron chi connectivity index (χ1n) is 6.19. The molecule has 0 saturated heterocycles. The minimum absolute atomic E-state index is 0.0460. The second-order valence-corrected chi connectivity index (χ2v) is 5.07. The Balaban J connectivity index is 1.71. The number of nitrogens with zero attached hydrogens (tertiary/aromatic N) is 1. The van der Waals surface area contributed by atoms with Crippen LogP contribution in [0.2, 0.25) is 0 Å². The van der Waals surface area contributed by atoms with Crippen molar-refractivity contribution in [3.63, 3.8) is 0 Å². The molecule has 17 heavy (non-hydrogen) atoms. The second kappa shape index (κ2) is 4.02. The van der Waals surface area contributed by atoms with Gasteiger partial charge < -0.3 is 10.4 Å². The first-order chi connectivity index (χ1) is 8.25. The van der Waals surface area contributed by atoms with E-state index >= 15 is 0 Å². The fourth-order valence-electron chi connectivity index (χ4n) is 2.34. The third kappa shape index (κ3) is 2.25. The Labute approximate surface area is 100 Å². The Kier molecular flexibility index (Phi) is 2.50. The fourth-order valence-corrected chi connectivity index (χ4v) is 2.34. The third-order valence-electron chi connectivity index (χ3n) is 3.60. The number of pyridine rings is 1. The van der Waals surface area contributed by atoms with Crippen molar-refractivity contribution in [2.45, 2.75) is 31.7 Å². The highest BCUT2D eigenvalue weighted by atomic mass is 16.3. The van der Waals surface area contributed by atoms with Crippen LogP contribution in [-0.4, -0.2) is 22.0 Å². The summed E-state index contributed by atoms with van der Waals surface area (Å²) in [4.78, 5) is 15.8. The predicted molar refractivity (Wildman–Crippen MR) is 62.6 cm³/mol. The monoisotopic (exact) mass is 232 g/mol. The number of aromatic nitrogens is 1. The maximum Gasteiger partial charge on any atom is 0.255 e. The zero-order valence-electron chi connectivity index (χ0n) is 9.60. The molecule has 1 amide bonds. The van der Waals surface area contributed by atoms with Gasteiger partial charge in [0.1, 0.15) is 5.75 Å². The van der Waals surface area contributed by atoms with Gasteiger partial charge >= 0.3 is 0 Å². The number of rotatable bonds is 4. The average molecular weight is 232 g/mol. The van der Waals surface area contributed by atoms with Gasteiger partial charge in [0.2, 0.25) is 0 Å². The topological polar surface area (TPSA) is 62.2 Å². The first kappa shape index (κ1) is 10.6. The standard InChI is InChI=1S/C13H16N2O2/c16-11-7-14-6-5-10(11)13(17)15-12(8-1-2-8)9-3-4-9/h5-9,12,16H,1-4H2,(H,15,17). The number of amides is 1. The number of carbonyl (C=O) groups is 1. The molecular weight excluding hydrogens is 216 g/mol. The van der Waals surface area contributed by atoms with Crippen molar-refractivity contribution in [2.24, 2.45) is 11.8 Å². The summed E-state index contributed by atoms with van der Waals surface area (Å²) in [7, 11) is 0. The summed E-state index contributed by atoms with van der Waals surface area (Å²) in [6, 6.07) is 1.87. The maximum atomic E-state index is 12.0. The highest BCUT2D eigenvalue weighted by Crippen LogP contribution is 2.44. The van der Waals surface area contributed by atoms with E-state index in [-0.39, 0.29) is 11.7 Å². The molecule has 2 N–H and O–H groups in total. The van der Waals surface area contributed by atoms with Crippen LogP contribution in [0.1, 0.15) is 36.0 Å². The van der Waals surface area contributed by atoms with Gasteiger partial charge in [-0.3, -0.25) is 9.78 Å². The van der Waals surface area contributed by atoms with Gasteiger partial charge in [-0.2, -0.15) is 0 Å². The van der Waals surface area contributed by atoms with E-state index in [0.717, 1.165) is 0 Å². The van der Waals surface area contributed by atoms with Gasteiger partial charge in [0, 0.05) is 12.2 Å². The lowest BCUT2D eigenvalue weighted by molar-refractivity contribution is 0.0923. The molecule has 0 spiro atoms. The predicted octanol–water partition coefficient (Wildman–Crippen LogP) is 1.71. The Hall–Kier alpha value is -1.58. The largest absolute Gasteiger partial charge is 0.505 e. The smallest absolute Gasteiger partial charge is 0.255 e. The highest BCUT2D eigenvalue weighted by Gasteiger charge is 2.42. The molecule has 2 fully saturated rings. The Bertz CT molecular complexity index is 427. The van der Waals surface area contributed by atoms with Crippen LogP contribution in [-0.2, 0) is 0 Å². The van der Waals surface area contributed by atoms with Crippen LogP contribution in [0.4, 0.5) is 0 Å². The van der Waals surface area contributed by atoms with E-state index in [0.29, 0.717) is 23.4 Å². The van der Waals surface area contributed by atoms with Gasteiger partial charge in [-0.1, -0.05) is 0 Å². The molecule has 0 bridgehead atoms. The van der Waals surface area contributed by atoms with Crippen molar-refractivity contribution in [1.82, 2.24) is 10.3 Å². The summed E-state index contributed by atoms with van der Waals surface area (Å²) < 4.78 is 0. The number of carbonyl (C=O) groups excluding carboxylic acids is 1. The van der Waals surface area contributed by atoms with Gasteiger partial charge in [0.25, 0.3) is 5.91 Å². The lowest BCUT2D eigenvalue weighted by Gasteiger charge is -2.17. The third-order valence-corrected chi connectivity index (χ3v) is 3.60. The highest BCUT2D eigenvalue weighted by molar-refractivity contribution is 5.96. The lowest BCUT2D eigenvalue weighted by Crippen LogP contribution is -2.38. The molecule has 0 unspecified atom stereocenters. The van der Waals surface area contributed by atoms with E-state index in [9.17, 15) is 9.90 Å². The molecule has 1 heterocycles. The first-order valence-corrected chi connectivity index (χ1v) is 6.19. The van der Waals surface area contributed by atoms with Crippen molar-refractivity contribution >= 4 is 5.91 Å². The average Bonchev–Trinajstić information content (AvgIpc) is 3.16. The zero-order chi connectivity index (χ0) is 11.8. The van der Waals surface area contributed by atoms with Crippen molar-refractivity contribution in [3.05, 3.63) is 24.0 Å². The lowest BCUT2D eigenvalue weighted by atomic mass is 10.1. The summed E-state index contributed by atoms with van der Waals surface area (Å²) in [5.74, 6) is 1.11. The summed E-state index contributed by atoms with van der Waals surface area (Å²) >= 11 is 0. The normalized spacial score (nSPS) is 19.4. The van der Waals surface area contributed by atoms with Crippen molar-refractivity contribution in [1.29, 1.82) is 0 Å². The van der Waals surface area contributed by atoms with Crippen LogP contribution in [0.15, 0.2) is 18.5 Å². The van der Waals surface area contributed by atoms with Gasteiger partial charge in [0.05, 0.1) is 11.8 Å². The van der Waals surface area contributed by atoms with E-state index in [1.807, 2.05) is 0 Å². The number of hydrogen-bond donors (Lipinski definition) is 2. The van der Waals surface area contributed by atoms with Crippen molar-refractivity contribution in [3.8, 4) is 5.75 Å². The van der Waals surface area contributed by atoms with E-state index in [1.54, 1.807) is 6.07 Å². The Morgan fingerprint density at radius 2 is 2.00 bits per heavy atom. The molecule has 4 heteroatoms. The zero-order valence-corrected chi connectivity index (χ0v) is 9.60. The second-order valence-electron chi connectivity index (χ2n) is 5.07. The van der Waals surface area contributed by atoms with Gasteiger partial charge in [-0.15, -0.1) is 0 Å². The molecule has 2 aliphatic rings. The molecular formula is C13H16N2O2. The molecule has 0 aromatic carbocycles. The number of aromatic hydroxyl groups is 1. The molecule has 1 aromatic heterocycles. The van der Waals surface area contributed by atoms with E-state index < -0.39 is 0 Å². The fraction of sp³-hybridized carbons (Fsp3) is 0.538. The Morgan fingerprint density at radius 1 is 1.35 bits per heavy atom. The minimum Gasteiger partial charge on any atom is -0.505 e. The molecule has 0 radical (unpaired) electrons. The van der Waals surface area contributed by atoms with Crippen molar-refractivity contribution in [2.75, 3.05) is 0 Å². The molecule has 0 atom stereocenters. The quantitative estimate of drug-likeness (QED) is 0.830. The number of hydrogen-bond acceptors (Lipinski definition) is 3. The molecule has 2 saturated carbocycles. The maximum absolute atomic E-state index is 12.0. The molecule has 2 aliphatic carbocycles. The summed E-state index contributed by atoms with van der Waals surface area (Å²) in [5.41, 5.74) is 0.325. The van der Waals surface area contributed by atoms with Crippen LogP contribution < -0.4 is 5.32 Å². The molecule has 4 nitrogen and oxygen atoms in total. The van der Waals surface area contributed by atoms with Gasteiger partial charge in [-0.05, 0) is 43.6 Å². The molecule has 1 aromatic rings. The summed E-state index contributed by atoms with van der Waals surface area (Å²) in [6.45, 7) is 0. The summed E-state index contributed by atoms with van der Waals surface area (Å²) in [5, 5.41) is 12.7. The molecule has 3 rings (SSSR count). The minimum atomic E-state index is -0.172. The summed E-state index contributed by atoms with van der Waals surface area (Å²) in [6.07, 6.45) is 7.73. The molecule has 90 valence electrons. The van der Waals surface area contributed by atoms with Crippen LogP contribution in [0.3, 0.4) is 0 Å². The van der Waals surface area contributed by atoms with Crippen LogP contribution in [0, 0.1) is 11.8 Å². The van der Waals surface area contributed by atoms with Crippen LogP contribution in [0.25, 0.3) is 0 Å². The van der Waals surface area contributed by atoms with Gasteiger partial charge in [-0.25, -0.2) is 0 Å². The van der Waals surface area contributed by atoms with Crippen molar-refractivity contribution < 1.29 is 9.90 Å². The van der Waals surface area contributed by atoms with Crippen LogP contribution >= 0.6 is 0 Å². The van der Waals surface area contributed by atoms with E-state index in [2.05, 4.69) is 10.3 Å². The molecule has 0 aliphatic heterocycles. The van der Waals surface area contributed by atoms with E-state index in [1.165, 1.54) is 38.1 Å². The SMILES string of the molecule is O=C(NC(C1CC1)C1CC1)c1ccncc1O.